The summed E-state index contributed by atoms with van der Waals surface area (Å²) in [6.45, 7) is 4.58. The molecule has 4 aromatic rings. The molecule has 0 atom stereocenters. The highest BCUT2D eigenvalue weighted by molar-refractivity contribution is 5.99. The molecule has 0 unspecified atom stereocenters. The number of aryl methyl sites for hydroxylation is 1. The van der Waals surface area contributed by atoms with Gasteiger partial charge in [-0.15, -0.1) is 0 Å². The monoisotopic (exact) mass is 443 g/mol. The number of amides is 1. The Bertz CT molecular complexity index is 1450. The summed E-state index contributed by atoms with van der Waals surface area (Å²) in [5.74, 6) is 1.12. The third-order valence-electron chi connectivity index (χ3n) is 6.97. The highest BCUT2D eigenvalue weighted by Gasteiger charge is 2.25. The molecule has 2 aliphatic rings. The molecule has 0 bridgehead atoms. The first-order valence-corrected chi connectivity index (χ1v) is 11.4. The molecule has 33 heavy (non-hydrogen) atoms. The van der Waals surface area contributed by atoms with Crippen molar-refractivity contribution in [2.24, 2.45) is 0 Å². The van der Waals surface area contributed by atoms with E-state index in [4.69, 9.17) is 4.74 Å². The normalized spacial score (nSPS) is 16.9. The van der Waals surface area contributed by atoms with Crippen LogP contribution in [-0.2, 0) is 17.7 Å². The molecule has 0 saturated carbocycles. The number of pyridine rings is 1. The second-order valence-electron chi connectivity index (χ2n) is 8.98. The van der Waals surface area contributed by atoms with Crippen LogP contribution in [0.25, 0.3) is 16.6 Å². The molecule has 1 fully saturated rings. The molecule has 8 nitrogen and oxygen atoms in total. The number of fused-ring (bicyclic) bond motifs is 4. The molecule has 0 aliphatic carbocycles. The van der Waals surface area contributed by atoms with Gasteiger partial charge in [0.05, 0.1) is 17.2 Å². The number of aromatic nitrogens is 4. The highest BCUT2D eigenvalue weighted by atomic mass is 16.5. The standard InChI is InChI=1S/C25H25N5O3/c1-15-10-21-20(11-19(15)25(32)29-7-3-17-12-26-6-2-18(17)14-29)28-24(31)22-13-27-23(30(21)22)16-4-8-33-9-5-16/h2,6,10-13,16H,3-5,7-9,14H2,1H3,(H,28,31). The molecular formula is C25H25N5O3. The molecule has 5 heterocycles. The van der Waals surface area contributed by atoms with Crippen molar-refractivity contribution in [3.05, 3.63) is 75.2 Å². The van der Waals surface area contributed by atoms with Crippen molar-refractivity contribution in [2.45, 2.75) is 38.6 Å². The number of nitrogens with one attached hydrogen (secondary N) is 1. The van der Waals surface area contributed by atoms with Crippen LogP contribution in [0.4, 0.5) is 0 Å². The fraction of sp³-hybridized carbons (Fsp3) is 0.360. The summed E-state index contributed by atoms with van der Waals surface area (Å²) < 4.78 is 7.48. The van der Waals surface area contributed by atoms with Crippen molar-refractivity contribution in [1.29, 1.82) is 0 Å². The minimum absolute atomic E-state index is 0.0203. The average molecular weight is 444 g/mol. The van der Waals surface area contributed by atoms with E-state index in [-0.39, 0.29) is 17.4 Å². The third-order valence-corrected chi connectivity index (χ3v) is 6.97. The van der Waals surface area contributed by atoms with Crippen molar-refractivity contribution >= 4 is 22.5 Å². The lowest BCUT2D eigenvalue weighted by Gasteiger charge is -2.29. The van der Waals surface area contributed by atoms with E-state index in [2.05, 4.69) is 15.0 Å². The van der Waals surface area contributed by atoms with Gasteiger partial charge in [0.15, 0.2) is 0 Å². The van der Waals surface area contributed by atoms with Gasteiger partial charge in [-0.05, 0) is 61.1 Å². The Morgan fingerprint density at radius 2 is 2.00 bits per heavy atom. The summed E-state index contributed by atoms with van der Waals surface area (Å²) in [5.41, 5.74) is 5.68. The number of hydrogen-bond donors (Lipinski definition) is 1. The van der Waals surface area contributed by atoms with Gasteiger partial charge in [0.25, 0.3) is 11.5 Å². The number of benzene rings is 1. The maximum absolute atomic E-state index is 13.5. The molecule has 0 radical (unpaired) electrons. The molecule has 8 heteroatoms. The maximum Gasteiger partial charge on any atom is 0.274 e. The summed E-state index contributed by atoms with van der Waals surface area (Å²) in [7, 11) is 0. The number of carbonyl (C=O) groups excluding carboxylic acids is 1. The largest absolute Gasteiger partial charge is 0.381 e. The number of nitrogens with zero attached hydrogens (tertiary/aromatic N) is 4. The van der Waals surface area contributed by atoms with Crippen molar-refractivity contribution < 1.29 is 9.53 Å². The molecule has 1 N–H and O–H groups in total. The summed E-state index contributed by atoms with van der Waals surface area (Å²) >= 11 is 0. The number of hydrogen-bond acceptors (Lipinski definition) is 5. The third kappa shape index (κ3) is 3.33. The summed E-state index contributed by atoms with van der Waals surface area (Å²) in [4.78, 5) is 40.0. The quantitative estimate of drug-likeness (QED) is 0.514. The van der Waals surface area contributed by atoms with E-state index in [1.54, 1.807) is 12.4 Å². The average Bonchev–Trinajstić information content (AvgIpc) is 3.30. The van der Waals surface area contributed by atoms with E-state index >= 15 is 0 Å². The van der Waals surface area contributed by atoms with Gasteiger partial charge >= 0.3 is 0 Å². The Labute approximate surface area is 190 Å². The first kappa shape index (κ1) is 20.1. The number of H-pyrrole nitrogens is 1. The van der Waals surface area contributed by atoms with Crippen molar-refractivity contribution in [1.82, 2.24) is 24.3 Å². The molecule has 168 valence electrons. The predicted octanol–water partition coefficient (Wildman–Crippen LogP) is 2.97. The van der Waals surface area contributed by atoms with E-state index in [1.165, 1.54) is 5.56 Å². The first-order chi connectivity index (χ1) is 16.1. The van der Waals surface area contributed by atoms with Crippen LogP contribution in [0.15, 0.2) is 41.6 Å². The van der Waals surface area contributed by atoms with Crippen LogP contribution in [-0.4, -0.2) is 49.9 Å². The van der Waals surface area contributed by atoms with Crippen molar-refractivity contribution in [3.8, 4) is 0 Å². The molecule has 2 aliphatic heterocycles. The Hall–Kier alpha value is -3.52. The maximum atomic E-state index is 13.5. The van der Waals surface area contributed by atoms with E-state index in [0.29, 0.717) is 42.9 Å². The Morgan fingerprint density at radius 3 is 2.85 bits per heavy atom. The zero-order valence-electron chi connectivity index (χ0n) is 18.5. The molecule has 1 saturated heterocycles. The van der Waals surface area contributed by atoms with Crippen LogP contribution in [0.3, 0.4) is 0 Å². The van der Waals surface area contributed by atoms with Gasteiger partial charge in [-0.3, -0.25) is 19.0 Å². The van der Waals surface area contributed by atoms with Crippen LogP contribution in [0.5, 0.6) is 0 Å². The molecule has 1 aromatic carbocycles. The van der Waals surface area contributed by atoms with E-state index < -0.39 is 0 Å². The molecular weight excluding hydrogens is 418 g/mol. The smallest absolute Gasteiger partial charge is 0.274 e. The lowest BCUT2D eigenvalue weighted by Crippen LogP contribution is -2.36. The zero-order valence-corrected chi connectivity index (χ0v) is 18.5. The van der Waals surface area contributed by atoms with Crippen LogP contribution in [0, 0.1) is 6.92 Å². The topological polar surface area (TPSA) is 92.6 Å². The second-order valence-corrected chi connectivity index (χ2v) is 8.98. The minimum Gasteiger partial charge on any atom is -0.381 e. The fourth-order valence-electron chi connectivity index (χ4n) is 5.14. The van der Waals surface area contributed by atoms with E-state index in [9.17, 15) is 9.59 Å². The Kier molecular flexibility index (Phi) is 4.76. The fourth-order valence-corrected chi connectivity index (χ4v) is 5.14. The van der Waals surface area contributed by atoms with Crippen molar-refractivity contribution in [3.63, 3.8) is 0 Å². The highest BCUT2D eigenvalue weighted by Crippen LogP contribution is 2.29. The molecule has 0 spiro atoms. The van der Waals surface area contributed by atoms with Crippen LogP contribution in [0.2, 0.25) is 0 Å². The van der Waals surface area contributed by atoms with Crippen molar-refractivity contribution in [2.75, 3.05) is 19.8 Å². The number of carbonyl (C=O) groups is 1. The Balaban J connectivity index is 1.43. The number of imidazole rings is 1. The predicted molar refractivity (Wildman–Crippen MR) is 124 cm³/mol. The first-order valence-electron chi connectivity index (χ1n) is 11.4. The van der Waals surface area contributed by atoms with Gasteiger partial charge in [-0.1, -0.05) is 0 Å². The summed E-state index contributed by atoms with van der Waals surface area (Å²) in [5, 5.41) is 0. The van der Waals surface area contributed by atoms with Gasteiger partial charge in [-0.25, -0.2) is 4.98 Å². The van der Waals surface area contributed by atoms with Gasteiger partial charge in [-0.2, -0.15) is 0 Å². The molecule has 3 aromatic heterocycles. The van der Waals surface area contributed by atoms with Gasteiger partial charge in [0.1, 0.15) is 11.3 Å². The number of aromatic amines is 1. The SMILES string of the molecule is Cc1cc2c(cc1C(=O)N1CCc3cnccc3C1)[nH]c(=O)c1cnc(C3CCOCC3)n12. The molecule has 1 amide bonds. The zero-order chi connectivity index (χ0) is 22.5. The lowest BCUT2D eigenvalue weighted by atomic mass is 9.99. The van der Waals surface area contributed by atoms with E-state index in [0.717, 1.165) is 41.7 Å². The summed E-state index contributed by atoms with van der Waals surface area (Å²) in [6.07, 6.45) is 7.87. The Morgan fingerprint density at radius 1 is 1.15 bits per heavy atom. The number of ether oxygens (including phenoxy) is 1. The number of rotatable bonds is 2. The van der Waals surface area contributed by atoms with Crippen LogP contribution in [0.1, 0.15) is 51.6 Å². The lowest BCUT2D eigenvalue weighted by molar-refractivity contribution is 0.0734. The minimum atomic E-state index is -0.199. The van der Waals surface area contributed by atoms with Gasteiger partial charge in [0, 0.05) is 50.2 Å². The summed E-state index contributed by atoms with van der Waals surface area (Å²) in [6, 6.07) is 5.80. The molecule has 6 rings (SSSR count). The second kappa shape index (κ2) is 7.81. The van der Waals surface area contributed by atoms with Crippen LogP contribution >= 0.6 is 0 Å². The van der Waals surface area contributed by atoms with Crippen LogP contribution < -0.4 is 5.56 Å². The van der Waals surface area contributed by atoms with E-state index in [1.807, 2.05) is 40.6 Å². The van der Waals surface area contributed by atoms with Gasteiger partial charge < -0.3 is 14.6 Å². The van der Waals surface area contributed by atoms with Gasteiger partial charge in [0.2, 0.25) is 0 Å².